The Bertz CT molecular complexity index is 566. The Morgan fingerprint density at radius 2 is 2.11 bits per heavy atom. The molecule has 2 rings (SSSR count). The van der Waals surface area contributed by atoms with E-state index in [4.69, 9.17) is 0 Å². The third kappa shape index (κ3) is 3.31. The van der Waals surface area contributed by atoms with Gasteiger partial charge in [-0.15, -0.1) is 11.3 Å². The van der Waals surface area contributed by atoms with Crippen LogP contribution in [0.3, 0.4) is 0 Å². The molecule has 0 aliphatic rings. The van der Waals surface area contributed by atoms with Crippen LogP contribution in [-0.2, 0) is 12.7 Å². The Morgan fingerprint density at radius 3 is 2.63 bits per heavy atom. The van der Waals surface area contributed by atoms with Gasteiger partial charge in [-0.2, -0.15) is 13.2 Å². The van der Waals surface area contributed by atoms with Crippen molar-refractivity contribution in [2.24, 2.45) is 0 Å². The number of aromatic nitrogens is 2. The van der Waals surface area contributed by atoms with Crippen LogP contribution in [0.5, 0.6) is 0 Å². The highest BCUT2D eigenvalue weighted by molar-refractivity contribution is 9.10. The fraction of sp³-hybridized carbons (Fsp3) is 0.273. The van der Waals surface area contributed by atoms with Gasteiger partial charge < -0.3 is 5.32 Å². The summed E-state index contributed by atoms with van der Waals surface area (Å²) in [6.45, 7) is 0.128. The lowest BCUT2D eigenvalue weighted by molar-refractivity contribution is -0.141. The topological polar surface area (TPSA) is 37.8 Å². The monoisotopic (exact) mass is 351 g/mol. The molecule has 8 heteroatoms. The molecule has 0 aliphatic heterocycles. The van der Waals surface area contributed by atoms with Crippen LogP contribution in [-0.4, -0.2) is 17.0 Å². The summed E-state index contributed by atoms with van der Waals surface area (Å²) in [7, 11) is 1.59. The fourth-order valence-electron chi connectivity index (χ4n) is 1.47. The van der Waals surface area contributed by atoms with Gasteiger partial charge in [-0.1, -0.05) is 0 Å². The number of alkyl halides is 3. The van der Waals surface area contributed by atoms with Crippen LogP contribution in [0, 0.1) is 0 Å². The summed E-state index contributed by atoms with van der Waals surface area (Å²) in [6.07, 6.45) is -2.92. The van der Waals surface area contributed by atoms with Crippen molar-refractivity contribution in [3.8, 4) is 10.7 Å². The molecule has 3 nitrogen and oxygen atoms in total. The zero-order valence-electron chi connectivity index (χ0n) is 9.75. The highest BCUT2D eigenvalue weighted by Crippen LogP contribution is 2.37. The van der Waals surface area contributed by atoms with Crippen molar-refractivity contribution in [1.82, 2.24) is 15.3 Å². The second kappa shape index (κ2) is 5.56. The van der Waals surface area contributed by atoms with Crippen molar-refractivity contribution in [3.05, 3.63) is 33.4 Å². The summed E-state index contributed by atoms with van der Waals surface area (Å²) >= 11 is 4.22. The van der Waals surface area contributed by atoms with E-state index in [-0.39, 0.29) is 16.4 Å². The van der Waals surface area contributed by atoms with Gasteiger partial charge in [0.05, 0.1) is 10.6 Å². The number of hydrogen-bond acceptors (Lipinski definition) is 4. The van der Waals surface area contributed by atoms with E-state index < -0.39 is 11.9 Å². The SMILES string of the molecule is CNCc1sc(-c2ccc(Br)cn2)nc1C(F)(F)F. The summed E-state index contributed by atoms with van der Waals surface area (Å²) in [5, 5.41) is 2.98. The highest BCUT2D eigenvalue weighted by atomic mass is 79.9. The lowest BCUT2D eigenvalue weighted by Crippen LogP contribution is -2.12. The number of halogens is 4. The predicted octanol–water partition coefficient (Wildman–Crippen LogP) is 3.71. The van der Waals surface area contributed by atoms with Crippen molar-refractivity contribution in [3.63, 3.8) is 0 Å². The molecule has 2 heterocycles. The van der Waals surface area contributed by atoms with E-state index >= 15 is 0 Å². The number of pyridine rings is 1. The molecule has 2 aromatic heterocycles. The lowest BCUT2D eigenvalue weighted by Gasteiger charge is -2.04. The third-order valence-electron chi connectivity index (χ3n) is 2.25. The molecule has 0 spiro atoms. The fourth-order valence-corrected chi connectivity index (χ4v) is 2.77. The Labute approximate surface area is 120 Å². The van der Waals surface area contributed by atoms with Gasteiger partial charge in [-0.05, 0) is 35.1 Å². The molecule has 0 saturated heterocycles. The molecule has 0 atom stereocenters. The van der Waals surface area contributed by atoms with Gasteiger partial charge in [0.2, 0.25) is 0 Å². The van der Waals surface area contributed by atoms with Crippen molar-refractivity contribution in [1.29, 1.82) is 0 Å². The largest absolute Gasteiger partial charge is 0.434 e. The van der Waals surface area contributed by atoms with Gasteiger partial charge in [-0.25, -0.2) is 4.98 Å². The summed E-state index contributed by atoms with van der Waals surface area (Å²) < 4.78 is 39.3. The van der Waals surface area contributed by atoms with E-state index in [0.29, 0.717) is 5.69 Å². The molecule has 0 unspecified atom stereocenters. The Hall–Kier alpha value is -0.990. The molecule has 0 radical (unpaired) electrons. The average molecular weight is 352 g/mol. The number of hydrogen-bond donors (Lipinski definition) is 1. The molecule has 1 N–H and O–H groups in total. The maximum Gasteiger partial charge on any atom is 0.434 e. The van der Waals surface area contributed by atoms with Gasteiger partial charge in [0.1, 0.15) is 5.01 Å². The molecule has 0 aliphatic carbocycles. The third-order valence-corrected chi connectivity index (χ3v) is 3.80. The van der Waals surface area contributed by atoms with E-state index in [9.17, 15) is 13.2 Å². The number of nitrogens with one attached hydrogen (secondary N) is 1. The maximum absolute atomic E-state index is 12.9. The standard InChI is InChI=1S/C11H9BrF3N3S/c1-16-5-8-9(11(13,14)15)18-10(19-8)7-3-2-6(12)4-17-7/h2-4,16H,5H2,1H3. The highest BCUT2D eigenvalue weighted by Gasteiger charge is 2.37. The van der Waals surface area contributed by atoms with Crippen molar-refractivity contribution in [2.75, 3.05) is 7.05 Å². The molecule has 0 fully saturated rings. The van der Waals surface area contributed by atoms with Crippen LogP contribution in [0.1, 0.15) is 10.6 Å². The predicted molar refractivity (Wildman–Crippen MR) is 70.8 cm³/mol. The van der Waals surface area contributed by atoms with Crippen LogP contribution in [0.4, 0.5) is 13.2 Å². The molecule has 0 saturated carbocycles. The Balaban J connectivity index is 2.45. The molecular formula is C11H9BrF3N3S. The van der Waals surface area contributed by atoms with Crippen LogP contribution in [0.25, 0.3) is 10.7 Å². The quantitative estimate of drug-likeness (QED) is 0.915. The van der Waals surface area contributed by atoms with Crippen LogP contribution in [0.2, 0.25) is 0 Å². The Kier molecular flexibility index (Phi) is 4.22. The first kappa shape index (κ1) is 14.4. The first-order chi connectivity index (χ1) is 8.91. The normalized spacial score (nSPS) is 11.8. The van der Waals surface area contributed by atoms with E-state index in [1.807, 2.05) is 0 Å². The number of rotatable bonds is 3. The molecular weight excluding hydrogens is 343 g/mol. The van der Waals surface area contributed by atoms with E-state index in [0.717, 1.165) is 15.8 Å². The smallest absolute Gasteiger partial charge is 0.315 e. The summed E-state index contributed by atoms with van der Waals surface area (Å²) in [6, 6.07) is 3.35. The van der Waals surface area contributed by atoms with Gasteiger partial charge in [-0.3, -0.25) is 4.98 Å². The van der Waals surface area contributed by atoms with E-state index in [2.05, 4.69) is 31.2 Å². The van der Waals surface area contributed by atoms with Crippen molar-refractivity contribution >= 4 is 27.3 Å². The summed E-state index contributed by atoms with van der Waals surface area (Å²) in [5.74, 6) is 0. The second-order valence-corrected chi connectivity index (χ2v) is 5.68. The minimum Gasteiger partial charge on any atom is -0.315 e. The molecule has 19 heavy (non-hydrogen) atoms. The number of nitrogens with zero attached hydrogens (tertiary/aromatic N) is 2. The average Bonchev–Trinajstić information content (AvgIpc) is 2.74. The summed E-state index contributed by atoms with van der Waals surface area (Å²) in [4.78, 5) is 7.90. The number of thiazole rings is 1. The minimum atomic E-state index is -4.45. The minimum absolute atomic E-state index is 0.128. The van der Waals surface area contributed by atoms with E-state index in [1.165, 1.54) is 6.20 Å². The zero-order valence-corrected chi connectivity index (χ0v) is 12.2. The Morgan fingerprint density at radius 1 is 1.37 bits per heavy atom. The summed E-state index contributed by atoms with van der Waals surface area (Å²) in [5.41, 5.74) is -0.410. The van der Waals surface area contributed by atoms with Crippen LogP contribution < -0.4 is 5.32 Å². The second-order valence-electron chi connectivity index (χ2n) is 3.68. The zero-order chi connectivity index (χ0) is 14.0. The first-order valence-corrected chi connectivity index (χ1v) is 6.86. The van der Waals surface area contributed by atoms with Gasteiger partial charge >= 0.3 is 6.18 Å². The maximum atomic E-state index is 12.9. The van der Waals surface area contributed by atoms with Crippen LogP contribution in [0.15, 0.2) is 22.8 Å². The van der Waals surface area contributed by atoms with Gasteiger partial charge in [0.15, 0.2) is 5.69 Å². The van der Waals surface area contributed by atoms with Gasteiger partial charge in [0.25, 0.3) is 0 Å². The van der Waals surface area contributed by atoms with Crippen molar-refractivity contribution < 1.29 is 13.2 Å². The molecule has 0 aromatic carbocycles. The van der Waals surface area contributed by atoms with E-state index in [1.54, 1.807) is 19.2 Å². The first-order valence-electron chi connectivity index (χ1n) is 5.25. The molecule has 0 amide bonds. The molecule has 2 aromatic rings. The molecule has 102 valence electrons. The van der Waals surface area contributed by atoms with Crippen molar-refractivity contribution in [2.45, 2.75) is 12.7 Å². The van der Waals surface area contributed by atoms with Gasteiger partial charge in [0, 0.05) is 17.2 Å². The molecule has 0 bridgehead atoms. The van der Waals surface area contributed by atoms with Crippen LogP contribution >= 0.6 is 27.3 Å². The lowest BCUT2D eigenvalue weighted by atomic mass is 10.3.